The van der Waals surface area contributed by atoms with Crippen LogP contribution in [0.4, 0.5) is 0 Å². The van der Waals surface area contributed by atoms with Gasteiger partial charge < -0.3 is 4.57 Å². The molecule has 0 bridgehead atoms. The largest absolute Gasteiger partial charge is 0.318 e. The maximum atomic E-state index is 12.6. The third kappa shape index (κ3) is 3.42. The van der Waals surface area contributed by atoms with Gasteiger partial charge in [0.05, 0.1) is 0 Å². The molecule has 5 nitrogen and oxygen atoms in total. The molecule has 1 aliphatic rings. The SMILES string of the molecule is CCN1C(=O)/C(=C/c2cc(C)n(-c3ccc(C)c(Cl)c3)c2C)C(=O)NC1=S. The zero-order valence-electron chi connectivity index (χ0n) is 15.6. The summed E-state index contributed by atoms with van der Waals surface area (Å²) < 4.78 is 2.05. The number of carbonyl (C=O) groups excluding carboxylic acids is 2. The Balaban J connectivity index is 2.07. The number of carbonyl (C=O) groups is 2. The number of amides is 2. The molecule has 0 aliphatic carbocycles. The van der Waals surface area contributed by atoms with E-state index >= 15 is 0 Å². The molecule has 0 atom stereocenters. The first-order chi connectivity index (χ1) is 12.7. The van der Waals surface area contributed by atoms with E-state index in [9.17, 15) is 9.59 Å². The van der Waals surface area contributed by atoms with Gasteiger partial charge in [0.1, 0.15) is 5.57 Å². The lowest BCUT2D eigenvalue weighted by atomic mass is 10.1. The molecule has 1 fully saturated rings. The van der Waals surface area contributed by atoms with Crippen molar-refractivity contribution in [3.8, 4) is 5.69 Å². The van der Waals surface area contributed by atoms with Crippen molar-refractivity contribution >= 4 is 46.8 Å². The topological polar surface area (TPSA) is 54.3 Å². The maximum absolute atomic E-state index is 12.6. The standard InChI is InChI=1S/C20H20ClN3O2S/c1-5-23-19(26)16(18(25)22-20(23)27)9-14-8-12(3)24(13(14)4)15-7-6-11(2)17(21)10-15/h6-10H,5H2,1-4H3,(H,22,25,27)/b16-9+. The van der Waals surface area contributed by atoms with Crippen LogP contribution in [0.25, 0.3) is 11.8 Å². The van der Waals surface area contributed by atoms with E-state index in [0.717, 1.165) is 28.2 Å². The van der Waals surface area contributed by atoms with Crippen LogP contribution in [0.15, 0.2) is 29.8 Å². The van der Waals surface area contributed by atoms with Crippen molar-refractivity contribution in [1.82, 2.24) is 14.8 Å². The number of nitrogens with zero attached hydrogens (tertiary/aromatic N) is 2. The average molecular weight is 402 g/mol. The Labute approximate surface area is 168 Å². The minimum atomic E-state index is -0.474. The zero-order chi connectivity index (χ0) is 19.9. The van der Waals surface area contributed by atoms with Gasteiger partial charge in [-0.2, -0.15) is 0 Å². The van der Waals surface area contributed by atoms with Crippen LogP contribution in [0, 0.1) is 20.8 Å². The summed E-state index contributed by atoms with van der Waals surface area (Å²) in [4.78, 5) is 26.3. The number of halogens is 1. The predicted octanol–water partition coefficient (Wildman–Crippen LogP) is 3.70. The molecule has 2 heterocycles. The van der Waals surface area contributed by atoms with Crippen molar-refractivity contribution in [2.45, 2.75) is 27.7 Å². The zero-order valence-corrected chi connectivity index (χ0v) is 17.2. The molecule has 27 heavy (non-hydrogen) atoms. The van der Waals surface area contributed by atoms with Gasteiger partial charge in [0, 0.05) is 28.6 Å². The molecule has 140 valence electrons. The fraction of sp³-hybridized carbons (Fsp3) is 0.250. The van der Waals surface area contributed by atoms with E-state index in [1.54, 1.807) is 6.08 Å². The fourth-order valence-electron chi connectivity index (χ4n) is 3.19. The highest BCUT2D eigenvalue weighted by atomic mass is 35.5. The van der Waals surface area contributed by atoms with Crippen molar-refractivity contribution in [3.05, 3.63) is 57.4 Å². The first-order valence-corrected chi connectivity index (χ1v) is 9.37. The van der Waals surface area contributed by atoms with E-state index in [4.69, 9.17) is 23.8 Å². The van der Waals surface area contributed by atoms with Gasteiger partial charge in [-0.1, -0.05) is 17.7 Å². The highest BCUT2D eigenvalue weighted by molar-refractivity contribution is 7.80. The molecule has 0 unspecified atom stereocenters. The lowest BCUT2D eigenvalue weighted by molar-refractivity contribution is -0.128. The van der Waals surface area contributed by atoms with Gasteiger partial charge in [-0.25, -0.2) is 0 Å². The Hall–Kier alpha value is -2.44. The van der Waals surface area contributed by atoms with Gasteiger partial charge in [-0.05, 0) is 75.3 Å². The quantitative estimate of drug-likeness (QED) is 0.484. The second kappa shape index (κ2) is 7.29. The van der Waals surface area contributed by atoms with Crippen molar-refractivity contribution in [2.24, 2.45) is 0 Å². The smallest absolute Gasteiger partial charge is 0.265 e. The molecule has 1 N–H and O–H groups in total. The van der Waals surface area contributed by atoms with E-state index in [2.05, 4.69) is 5.32 Å². The van der Waals surface area contributed by atoms with Crippen LogP contribution in [-0.2, 0) is 9.59 Å². The van der Waals surface area contributed by atoms with Crippen LogP contribution in [0.3, 0.4) is 0 Å². The average Bonchev–Trinajstić information content (AvgIpc) is 2.88. The fourth-order valence-corrected chi connectivity index (χ4v) is 3.67. The first-order valence-electron chi connectivity index (χ1n) is 8.59. The third-order valence-electron chi connectivity index (χ3n) is 4.69. The van der Waals surface area contributed by atoms with Gasteiger partial charge in [-0.3, -0.25) is 19.8 Å². The molecular formula is C20H20ClN3O2S. The van der Waals surface area contributed by atoms with Gasteiger partial charge in [0.15, 0.2) is 5.11 Å². The number of thiocarbonyl (C=S) groups is 1. The molecule has 2 aromatic rings. The van der Waals surface area contributed by atoms with Gasteiger partial charge in [-0.15, -0.1) is 0 Å². The second-order valence-electron chi connectivity index (χ2n) is 6.46. The Bertz CT molecular complexity index is 1010. The molecule has 1 saturated heterocycles. The lowest BCUT2D eigenvalue weighted by Gasteiger charge is -2.27. The molecule has 0 spiro atoms. The molecule has 7 heteroatoms. The maximum Gasteiger partial charge on any atom is 0.265 e. The molecule has 1 aromatic carbocycles. The number of rotatable bonds is 3. The monoisotopic (exact) mass is 401 g/mol. The number of aryl methyl sites for hydroxylation is 2. The number of aromatic nitrogens is 1. The normalized spacial score (nSPS) is 16.3. The number of hydrogen-bond acceptors (Lipinski definition) is 3. The first kappa shape index (κ1) is 19.3. The van der Waals surface area contributed by atoms with Crippen LogP contribution >= 0.6 is 23.8 Å². The molecule has 1 aliphatic heterocycles. The predicted molar refractivity (Wildman–Crippen MR) is 111 cm³/mol. The van der Waals surface area contributed by atoms with E-state index in [0.29, 0.717) is 11.6 Å². The Morgan fingerprint density at radius 2 is 1.89 bits per heavy atom. The van der Waals surface area contributed by atoms with E-state index < -0.39 is 5.91 Å². The summed E-state index contributed by atoms with van der Waals surface area (Å²) in [6.45, 7) is 8.08. The lowest BCUT2D eigenvalue weighted by Crippen LogP contribution is -2.53. The van der Waals surface area contributed by atoms with Crippen molar-refractivity contribution in [3.63, 3.8) is 0 Å². The minimum Gasteiger partial charge on any atom is -0.318 e. The number of hydrogen-bond donors (Lipinski definition) is 1. The van der Waals surface area contributed by atoms with Crippen molar-refractivity contribution in [2.75, 3.05) is 6.54 Å². The Morgan fingerprint density at radius 1 is 1.19 bits per heavy atom. The van der Waals surface area contributed by atoms with Gasteiger partial charge in [0.2, 0.25) is 0 Å². The summed E-state index contributed by atoms with van der Waals surface area (Å²) in [5, 5.41) is 3.40. The Kier molecular flexibility index (Phi) is 5.22. The summed E-state index contributed by atoms with van der Waals surface area (Å²) >= 11 is 11.3. The summed E-state index contributed by atoms with van der Waals surface area (Å²) in [7, 11) is 0. The number of likely N-dealkylation sites (N-methyl/N-ethyl adjacent to an activating group) is 1. The highest BCUT2D eigenvalue weighted by Crippen LogP contribution is 2.26. The van der Waals surface area contributed by atoms with Crippen LogP contribution in [-0.4, -0.2) is 32.9 Å². The minimum absolute atomic E-state index is 0.0765. The molecule has 3 rings (SSSR count). The van der Waals surface area contributed by atoms with Gasteiger partial charge >= 0.3 is 0 Å². The van der Waals surface area contributed by atoms with Crippen LogP contribution in [0.1, 0.15) is 29.4 Å². The van der Waals surface area contributed by atoms with Crippen LogP contribution in [0.2, 0.25) is 5.02 Å². The number of nitrogens with one attached hydrogen (secondary N) is 1. The third-order valence-corrected chi connectivity index (χ3v) is 5.42. The molecule has 0 saturated carbocycles. The van der Waals surface area contributed by atoms with Gasteiger partial charge in [0.25, 0.3) is 11.8 Å². The van der Waals surface area contributed by atoms with Crippen molar-refractivity contribution in [1.29, 1.82) is 0 Å². The van der Waals surface area contributed by atoms with E-state index in [-0.39, 0.29) is 16.6 Å². The summed E-state index contributed by atoms with van der Waals surface area (Å²) in [6, 6.07) is 7.81. The number of benzene rings is 1. The van der Waals surface area contributed by atoms with Crippen LogP contribution in [0.5, 0.6) is 0 Å². The highest BCUT2D eigenvalue weighted by Gasteiger charge is 2.32. The molecular weight excluding hydrogens is 382 g/mol. The van der Waals surface area contributed by atoms with Crippen LogP contribution < -0.4 is 5.32 Å². The van der Waals surface area contributed by atoms with Crippen molar-refractivity contribution < 1.29 is 9.59 Å². The second-order valence-corrected chi connectivity index (χ2v) is 7.26. The molecule has 1 aromatic heterocycles. The van der Waals surface area contributed by atoms with E-state index in [1.165, 1.54) is 4.90 Å². The molecule has 0 radical (unpaired) electrons. The Morgan fingerprint density at radius 3 is 2.52 bits per heavy atom. The van der Waals surface area contributed by atoms with E-state index in [1.807, 2.05) is 56.5 Å². The summed E-state index contributed by atoms with van der Waals surface area (Å²) in [5.41, 5.74) is 4.70. The summed E-state index contributed by atoms with van der Waals surface area (Å²) in [5.74, 6) is -0.854. The summed E-state index contributed by atoms with van der Waals surface area (Å²) in [6.07, 6.45) is 1.62. The molecule has 2 amide bonds.